The highest BCUT2D eigenvalue weighted by atomic mass is 35.5. The third-order valence-electron chi connectivity index (χ3n) is 2.24. The lowest BCUT2D eigenvalue weighted by molar-refractivity contribution is 0.146. The van der Waals surface area contributed by atoms with Gasteiger partial charge in [0.05, 0.1) is 10.7 Å². The van der Waals surface area contributed by atoms with Gasteiger partial charge < -0.3 is 10.1 Å². The van der Waals surface area contributed by atoms with Crippen molar-refractivity contribution in [2.75, 3.05) is 25.1 Å². The van der Waals surface area contributed by atoms with Crippen LogP contribution in [0.2, 0.25) is 10.0 Å². The summed E-state index contributed by atoms with van der Waals surface area (Å²) in [6.07, 6.45) is 0.828. The minimum atomic E-state index is 0.445. The molecule has 0 aliphatic rings. The number of nitrogens with zero attached hydrogens (tertiary/aromatic N) is 1. The predicted molar refractivity (Wildman–Crippen MR) is 80.8 cm³/mol. The summed E-state index contributed by atoms with van der Waals surface area (Å²) in [5.74, 6) is 5.84. The average Bonchev–Trinajstić information content (AvgIpc) is 2.39. The zero-order chi connectivity index (χ0) is 14.1. The lowest BCUT2D eigenvalue weighted by Crippen LogP contribution is -2.36. The quantitative estimate of drug-likeness (QED) is 0.248. The summed E-state index contributed by atoms with van der Waals surface area (Å²) >= 11 is 11.9. The molecule has 7 heteroatoms. The average molecular weight is 305 g/mol. The number of hydrogen-bond acceptors (Lipinski definition) is 3. The molecule has 0 aliphatic carbocycles. The number of anilines is 1. The first-order valence-electron chi connectivity index (χ1n) is 5.98. The van der Waals surface area contributed by atoms with Crippen LogP contribution >= 0.6 is 23.2 Å². The van der Waals surface area contributed by atoms with Gasteiger partial charge in [-0.15, -0.1) is 0 Å². The van der Waals surface area contributed by atoms with Gasteiger partial charge >= 0.3 is 0 Å². The molecule has 106 valence electrons. The second kappa shape index (κ2) is 8.98. The number of halogens is 2. The largest absolute Gasteiger partial charge is 0.382 e. The van der Waals surface area contributed by atoms with Crippen LogP contribution < -0.4 is 16.6 Å². The van der Waals surface area contributed by atoms with E-state index in [0.29, 0.717) is 41.5 Å². The Bertz CT molecular complexity index is 426. The minimum absolute atomic E-state index is 0.445. The van der Waals surface area contributed by atoms with Crippen LogP contribution in [0.5, 0.6) is 0 Å². The smallest absolute Gasteiger partial charge is 0.210 e. The van der Waals surface area contributed by atoms with E-state index < -0.39 is 0 Å². The number of aliphatic imine (C=N–C) groups is 1. The van der Waals surface area contributed by atoms with E-state index in [9.17, 15) is 0 Å². The first kappa shape index (κ1) is 16.0. The van der Waals surface area contributed by atoms with Crippen molar-refractivity contribution in [3.8, 4) is 0 Å². The maximum atomic E-state index is 6.04. The van der Waals surface area contributed by atoms with Crippen molar-refractivity contribution in [3.05, 3.63) is 28.2 Å². The number of rotatable bonds is 6. The number of hydrazine groups is 1. The molecule has 1 aromatic rings. The van der Waals surface area contributed by atoms with Crippen molar-refractivity contribution >= 4 is 34.8 Å². The van der Waals surface area contributed by atoms with E-state index in [1.165, 1.54) is 0 Å². The molecule has 0 bridgehead atoms. The first-order valence-corrected chi connectivity index (χ1v) is 6.73. The van der Waals surface area contributed by atoms with Gasteiger partial charge in [0.1, 0.15) is 0 Å². The third kappa shape index (κ3) is 6.11. The van der Waals surface area contributed by atoms with Crippen LogP contribution in [0, 0.1) is 0 Å². The SMILES string of the molecule is CCOCCCN=C(NN)Nc1ccc(Cl)cc1Cl. The predicted octanol–water partition coefficient (Wildman–Crippen LogP) is 2.65. The topological polar surface area (TPSA) is 71.7 Å². The molecule has 0 aliphatic heterocycles. The molecule has 0 aromatic heterocycles. The molecular formula is C12H18Cl2N4O. The van der Waals surface area contributed by atoms with E-state index in [-0.39, 0.29) is 0 Å². The highest BCUT2D eigenvalue weighted by Crippen LogP contribution is 2.25. The number of guanidine groups is 1. The molecule has 0 radical (unpaired) electrons. The zero-order valence-electron chi connectivity index (χ0n) is 10.7. The normalized spacial score (nSPS) is 11.5. The maximum absolute atomic E-state index is 6.04. The Balaban J connectivity index is 2.53. The Morgan fingerprint density at radius 1 is 1.42 bits per heavy atom. The Morgan fingerprint density at radius 2 is 2.21 bits per heavy atom. The van der Waals surface area contributed by atoms with Crippen molar-refractivity contribution in [2.24, 2.45) is 10.8 Å². The van der Waals surface area contributed by atoms with Gasteiger partial charge in [0.2, 0.25) is 5.96 Å². The van der Waals surface area contributed by atoms with Crippen LogP contribution in [0.15, 0.2) is 23.2 Å². The summed E-state index contributed by atoms with van der Waals surface area (Å²) in [6.45, 7) is 3.96. The van der Waals surface area contributed by atoms with E-state index in [2.05, 4.69) is 15.7 Å². The minimum Gasteiger partial charge on any atom is -0.382 e. The van der Waals surface area contributed by atoms with E-state index in [1.807, 2.05) is 6.92 Å². The fourth-order valence-corrected chi connectivity index (χ4v) is 1.80. The Hall–Kier alpha value is -1.01. The van der Waals surface area contributed by atoms with Crippen LogP contribution in [0.1, 0.15) is 13.3 Å². The van der Waals surface area contributed by atoms with Crippen LogP contribution in [-0.4, -0.2) is 25.7 Å². The number of benzene rings is 1. The monoisotopic (exact) mass is 304 g/mol. The van der Waals surface area contributed by atoms with Gasteiger partial charge in [0.15, 0.2) is 0 Å². The lowest BCUT2D eigenvalue weighted by atomic mass is 10.3. The van der Waals surface area contributed by atoms with Crippen molar-refractivity contribution < 1.29 is 4.74 Å². The number of hydrogen-bond donors (Lipinski definition) is 3. The van der Waals surface area contributed by atoms with Gasteiger partial charge in [0.25, 0.3) is 0 Å². The highest BCUT2D eigenvalue weighted by molar-refractivity contribution is 6.36. The van der Waals surface area contributed by atoms with E-state index in [4.69, 9.17) is 33.8 Å². The van der Waals surface area contributed by atoms with Gasteiger partial charge in [-0.2, -0.15) is 0 Å². The second-order valence-corrected chi connectivity index (χ2v) is 4.52. The molecule has 1 rings (SSSR count). The van der Waals surface area contributed by atoms with Crippen LogP contribution in [0.4, 0.5) is 5.69 Å². The summed E-state index contributed by atoms with van der Waals surface area (Å²) in [6, 6.07) is 5.14. The third-order valence-corrected chi connectivity index (χ3v) is 2.79. The molecule has 5 nitrogen and oxygen atoms in total. The van der Waals surface area contributed by atoms with Crippen molar-refractivity contribution in [3.63, 3.8) is 0 Å². The number of nitrogens with one attached hydrogen (secondary N) is 2. The molecule has 0 atom stereocenters. The summed E-state index contributed by atoms with van der Waals surface area (Å²) in [4.78, 5) is 4.27. The van der Waals surface area contributed by atoms with Crippen molar-refractivity contribution in [2.45, 2.75) is 13.3 Å². The first-order chi connectivity index (χ1) is 9.17. The molecule has 0 fully saturated rings. The standard InChI is InChI=1S/C12H18Cl2N4O/c1-2-19-7-3-6-16-12(18-15)17-11-5-4-9(13)8-10(11)14/h4-5,8H,2-3,6-7,15H2,1H3,(H2,16,17,18). The lowest BCUT2D eigenvalue weighted by Gasteiger charge is -2.10. The van der Waals surface area contributed by atoms with Crippen LogP contribution in [0.25, 0.3) is 0 Å². The zero-order valence-corrected chi connectivity index (χ0v) is 12.3. The molecule has 0 unspecified atom stereocenters. The molecule has 0 amide bonds. The molecule has 0 saturated carbocycles. The van der Waals surface area contributed by atoms with Crippen LogP contribution in [-0.2, 0) is 4.74 Å². The van der Waals surface area contributed by atoms with Crippen LogP contribution in [0.3, 0.4) is 0 Å². The highest BCUT2D eigenvalue weighted by Gasteiger charge is 2.03. The molecule has 1 aromatic carbocycles. The Kier molecular flexibility index (Phi) is 7.59. The summed E-state index contributed by atoms with van der Waals surface area (Å²) < 4.78 is 5.22. The molecule has 0 spiro atoms. The van der Waals surface area contributed by atoms with E-state index in [0.717, 1.165) is 6.42 Å². The second-order valence-electron chi connectivity index (χ2n) is 3.67. The molecule has 4 N–H and O–H groups in total. The number of nitrogens with two attached hydrogens (primary N) is 1. The number of ether oxygens (including phenoxy) is 1. The van der Waals surface area contributed by atoms with Gasteiger partial charge in [-0.05, 0) is 31.5 Å². The van der Waals surface area contributed by atoms with Crippen molar-refractivity contribution in [1.82, 2.24) is 5.43 Å². The molecular weight excluding hydrogens is 287 g/mol. The molecule has 19 heavy (non-hydrogen) atoms. The molecule has 0 heterocycles. The van der Waals surface area contributed by atoms with Gasteiger partial charge in [-0.3, -0.25) is 10.4 Å². The van der Waals surface area contributed by atoms with E-state index in [1.54, 1.807) is 18.2 Å². The summed E-state index contributed by atoms with van der Waals surface area (Å²) in [5.41, 5.74) is 3.18. The van der Waals surface area contributed by atoms with Crippen molar-refractivity contribution in [1.29, 1.82) is 0 Å². The maximum Gasteiger partial charge on any atom is 0.210 e. The Labute approximate surface area is 123 Å². The molecule has 0 saturated heterocycles. The van der Waals surface area contributed by atoms with E-state index >= 15 is 0 Å². The van der Waals surface area contributed by atoms with Gasteiger partial charge in [-0.1, -0.05) is 23.2 Å². The summed E-state index contributed by atoms with van der Waals surface area (Å²) in [7, 11) is 0. The van der Waals surface area contributed by atoms with Gasteiger partial charge in [0, 0.05) is 24.8 Å². The fraction of sp³-hybridized carbons (Fsp3) is 0.417. The fourth-order valence-electron chi connectivity index (χ4n) is 1.34. The van der Waals surface area contributed by atoms with Gasteiger partial charge in [-0.25, -0.2) is 5.84 Å². The summed E-state index contributed by atoms with van der Waals surface area (Å²) in [5, 5.41) is 4.08. The Morgan fingerprint density at radius 3 is 2.84 bits per heavy atom.